The van der Waals surface area contributed by atoms with Crippen LogP contribution < -0.4 is 15.5 Å². The third kappa shape index (κ3) is 6.12. The van der Waals surface area contributed by atoms with Crippen LogP contribution in [0.4, 0.5) is 5.69 Å². The van der Waals surface area contributed by atoms with E-state index in [0.29, 0.717) is 33.8 Å². The molecule has 0 atom stereocenters. The van der Waals surface area contributed by atoms with Gasteiger partial charge in [0.25, 0.3) is 0 Å². The number of carbonyl (C=O) groups is 3. The van der Waals surface area contributed by atoms with Crippen LogP contribution in [0.3, 0.4) is 0 Å². The number of carbonyl (C=O) groups excluding carboxylic acids is 3. The van der Waals surface area contributed by atoms with Gasteiger partial charge in [-0.2, -0.15) is 10.4 Å². The molecule has 0 saturated carbocycles. The lowest BCUT2D eigenvalue weighted by atomic mass is 10.1. The first-order chi connectivity index (χ1) is 15.9. The minimum atomic E-state index is -0.942. The average Bonchev–Trinajstić information content (AvgIpc) is 2.83. The van der Waals surface area contributed by atoms with Crippen molar-refractivity contribution in [2.75, 3.05) is 5.32 Å². The second-order valence-corrected chi connectivity index (χ2v) is 7.01. The molecule has 0 radical (unpaired) electrons. The van der Waals surface area contributed by atoms with Gasteiger partial charge >= 0.3 is 17.8 Å². The summed E-state index contributed by atoms with van der Waals surface area (Å²) in [5, 5.41) is 15.1. The number of rotatable bonds is 5. The molecule has 0 heterocycles. The number of nitrogens with zero attached hydrogens (tertiary/aromatic N) is 2. The van der Waals surface area contributed by atoms with Crippen molar-refractivity contribution in [2.24, 2.45) is 5.10 Å². The van der Waals surface area contributed by atoms with Crippen LogP contribution >= 0.6 is 0 Å². The lowest BCUT2D eigenvalue weighted by Crippen LogP contribution is -2.32. The zero-order chi connectivity index (χ0) is 23.8. The lowest BCUT2D eigenvalue weighted by molar-refractivity contribution is -0.136. The van der Waals surface area contributed by atoms with Crippen LogP contribution in [0, 0.1) is 18.3 Å². The fourth-order valence-electron chi connectivity index (χ4n) is 2.79. The molecular weight excluding hydrogens is 420 g/mol. The van der Waals surface area contributed by atoms with E-state index in [1.807, 2.05) is 25.1 Å². The normalized spacial score (nSPS) is 10.6. The molecule has 2 N–H and O–H groups in total. The summed E-state index contributed by atoms with van der Waals surface area (Å²) < 4.78 is 5.40. The van der Waals surface area contributed by atoms with Gasteiger partial charge in [0.05, 0.1) is 22.9 Å². The predicted octanol–water partition coefficient (Wildman–Crippen LogP) is 3.56. The Kier molecular flexibility index (Phi) is 7.29. The van der Waals surface area contributed by atoms with Gasteiger partial charge in [0, 0.05) is 5.69 Å². The summed E-state index contributed by atoms with van der Waals surface area (Å²) in [6.45, 7) is 3.49. The molecule has 0 aliphatic rings. The van der Waals surface area contributed by atoms with Gasteiger partial charge in [-0.25, -0.2) is 10.2 Å². The first kappa shape index (κ1) is 22.9. The van der Waals surface area contributed by atoms with E-state index >= 15 is 0 Å². The fourth-order valence-corrected chi connectivity index (χ4v) is 2.79. The molecule has 33 heavy (non-hydrogen) atoms. The van der Waals surface area contributed by atoms with Gasteiger partial charge in [-0.3, -0.25) is 9.59 Å². The number of hydrogen-bond donors (Lipinski definition) is 2. The molecule has 0 saturated heterocycles. The first-order valence-electron chi connectivity index (χ1n) is 9.91. The van der Waals surface area contributed by atoms with Crippen LogP contribution in [0.1, 0.15) is 34.0 Å². The smallest absolute Gasteiger partial charge is 0.343 e. The summed E-state index contributed by atoms with van der Waals surface area (Å²) in [5.41, 5.74) is 5.44. The molecule has 2 amide bonds. The number of ether oxygens (including phenoxy) is 1. The number of esters is 1. The molecule has 0 unspecified atom stereocenters. The summed E-state index contributed by atoms with van der Waals surface area (Å²) in [7, 11) is 0. The summed E-state index contributed by atoms with van der Waals surface area (Å²) in [5.74, 6) is -1.92. The van der Waals surface area contributed by atoms with Crippen molar-refractivity contribution in [1.29, 1.82) is 5.26 Å². The topological polar surface area (TPSA) is 121 Å². The highest BCUT2D eigenvalue weighted by Gasteiger charge is 2.14. The SMILES string of the molecule is CC(=NNC(=O)C(=O)Nc1ccc(C#N)cc1)c1ccc(OC(=O)c2ccccc2C)cc1. The number of amides is 2. The van der Waals surface area contributed by atoms with Crippen LogP contribution in [-0.2, 0) is 9.59 Å². The molecule has 0 aliphatic heterocycles. The Morgan fingerprint density at radius 3 is 2.21 bits per heavy atom. The number of nitriles is 1. The molecule has 164 valence electrons. The molecule has 0 aliphatic carbocycles. The summed E-state index contributed by atoms with van der Waals surface area (Å²) in [6.07, 6.45) is 0. The monoisotopic (exact) mass is 440 g/mol. The predicted molar refractivity (Wildman–Crippen MR) is 123 cm³/mol. The van der Waals surface area contributed by atoms with E-state index in [1.54, 1.807) is 43.3 Å². The van der Waals surface area contributed by atoms with Gasteiger partial charge in [0.15, 0.2) is 0 Å². The van der Waals surface area contributed by atoms with E-state index in [1.165, 1.54) is 24.3 Å². The van der Waals surface area contributed by atoms with Crippen molar-refractivity contribution in [1.82, 2.24) is 5.43 Å². The van der Waals surface area contributed by atoms with Crippen LogP contribution in [0.25, 0.3) is 0 Å². The minimum absolute atomic E-state index is 0.366. The van der Waals surface area contributed by atoms with Crippen molar-refractivity contribution >= 4 is 29.2 Å². The highest BCUT2D eigenvalue weighted by molar-refractivity contribution is 6.39. The minimum Gasteiger partial charge on any atom is -0.423 e. The maximum Gasteiger partial charge on any atom is 0.343 e. The lowest BCUT2D eigenvalue weighted by Gasteiger charge is -2.08. The Bertz CT molecular complexity index is 1260. The third-order valence-electron chi connectivity index (χ3n) is 4.65. The van der Waals surface area contributed by atoms with Crippen molar-refractivity contribution in [3.8, 4) is 11.8 Å². The number of aryl methyl sites for hydroxylation is 1. The molecule has 3 aromatic carbocycles. The fraction of sp³-hybridized carbons (Fsp3) is 0.0800. The zero-order valence-electron chi connectivity index (χ0n) is 18.0. The van der Waals surface area contributed by atoms with E-state index in [4.69, 9.17) is 10.00 Å². The van der Waals surface area contributed by atoms with Gasteiger partial charge in [0.1, 0.15) is 5.75 Å². The highest BCUT2D eigenvalue weighted by atomic mass is 16.5. The first-order valence-corrected chi connectivity index (χ1v) is 9.91. The summed E-state index contributed by atoms with van der Waals surface area (Å²) in [4.78, 5) is 36.3. The Balaban J connectivity index is 1.57. The van der Waals surface area contributed by atoms with Crippen LogP contribution in [-0.4, -0.2) is 23.5 Å². The molecule has 0 fully saturated rings. The molecule has 3 rings (SSSR count). The number of anilines is 1. The second kappa shape index (κ2) is 10.5. The van der Waals surface area contributed by atoms with E-state index in [9.17, 15) is 14.4 Å². The Morgan fingerprint density at radius 1 is 0.909 bits per heavy atom. The highest BCUT2D eigenvalue weighted by Crippen LogP contribution is 2.16. The van der Waals surface area contributed by atoms with Crippen LogP contribution in [0.2, 0.25) is 0 Å². The van der Waals surface area contributed by atoms with Gasteiger partial charge in [-0.1, -0.05) is 18.2 Å². The standard InChI is InChI=1S/C25H20N4O4/c1-16-5-3-4-6-22(16)25(32)33-21-13-9-19(10-14-21)17(2)28-29-24(31)23(30)27-20-11-7-18(15-26)8-12-20/h3-14H,1-2H3,(H,27,30)(H,29,31). The van der Waals surface area contributed by atoms with E-state index in [2.05, 4.69) is 15.8 Å². The van der Waals surface area contributed by atoms with Gasteiger partial charge in [-0.05, 0) is 79.6 Å². The van der Waals surface area contributed by atoms with Gasteiger partial charge in [-0.15, -0.1) is 0 Å². The summed E-state index contributed by atoms with van der Waals surface area (Å²) >= 11 is 0. The van der Waals surface area contributed by atoms with Gasteiger partial charge in [0.2, 0.25) is 0 Å². The molecule has 8 nitrogen and oxygen atoms in total. The molecule has 0 bridgehead atoms. The van der Waals surface area contributed by atoms with Crippen molar-refractivity contribution < 1.29 is 19.1 Å². The molecule has 0 aromatic heterocycles. The number of benzene rings is 3. The number of hydrogen-bond acceptors (Lipinski definition) is 6. The third-order valence-corrected chi connectivity index (χ3v) is 4.65. The van der Waals surface area contributed by atoms with Crippen LogP contribution in [0.15, 0.2) is 77.9 Å². The van der Waals surface area contributed by atoms with Crippen molar-refractivity contribution in [3.05, 3.63) is 95.1 Å². The quantitative estimate of drug-likeness (QED) is 0.207. The zero-order valence-corrected chi connectivity index (χ0v) is 18.0. The molecular formula is C25H20N4O4. The molecule has 8 heteroatoms. The van der Waals surface area contributed by atoms with Crippen LogP contribution in [0.5, 0.6) is 5.75 Å². The Morgan fingerprint density at radius 2 is 1.58 bits per heavy atom. The summed E-state index contributed by atoms with van der Waals surface area (Å²) in [6, 6.07) is 21.8. The number of nitrogens with one attached hydrogen (secondary N) is 2. The van der Waals surface area contributed by atoms with E-state index < -0.39 is 17.8 Å². The van der Waals surface area contributed by atoms with Crippen molar-refractivity contribution in [2.45, 2.75) is 13.8 Å². The van der Waals surface area contributed by atoms with Crippen molar-refractivity contribution in [3.63, 3.8) is 0 Å². The molecule has 0 spiro atoms. The maximum absolute atomic E-state index is 12.3. The maximum atomic E-state index is 12.3. The van der Waals surface area contributed by atoms with Gasteiger partial charge < -0.3 is 10.1 Å². The second-order valence-electron chi connectivity index (χ2n) is 7.01. The van der Waals surface area contributed by atoms with E-state index in [0.717, 1.165) is 5.56 Å². The number of hydrazone groups is 1. The average molecular weight is 440 g/mol. The molecule has 3 aromatic rings. The Hall–Kier alpha value is -4.77. The largest absolute Gasteiger partial charge is 0.423 e. The Labute approximate surface area is 190 Å². The van der Waals surface area contributed by atoms with E-state index in [-0.39, 0.29) is 0 Å².